The van der Waals surface area contributed by atoms with Crippen LogP contribution in [0, 0.1) is 11.6 Å². The summed E-state index contributed by atoms with van der Waals surface area (Å²) in [5.41, 5.74) is 7.66. The fourth-order valence-electron chi connectivity index (χ4n) is 2.04. The molecule has 3 N–H and O–H groups in total. The van der Waals surface area contributed by atoms with E-state index >= 15 is 0 Å². The average molecular weight is 272 g/mol. The van der Waals surface area contributed by atoms with Gasteiger partial charge in [-0.2, -0.15) is 5.10 Å². The molecule has 0 atom stereocenters. The van der Waals surface area contributed by atoms with Gasteiger partial charge in [0, 0.05) is 12.3 Å². The van der Waals surface area contributed by atoms with Gasteiger partial charge in [-0.25, -0.2) is 8.78 Å². The lowest BCUT2D eigenvalue weighted by molar-refractivity contribution is 0.584. The van der Waals surface area contributed by atoms with Crippen LogP contribution in [0.1, 0.15) is 0 Å². The Morgan fingerprint density at radius 3 is 2.45 bits per heavy atom. The number of benzene rings is 1. The lowest BCUT2D eigenvalue weighted by Gasteiger charge is -2.04. The molecular formula is C14H10F2N4. The summed E-state index contributed by atoms with van der Waals surface area (Å²) >= 11 is 0. The molecule has 20 heavy (non-hydrogen) atoms. The molecule has 0 aliphatic rings. The van der Waals surface area contributed by atoms with Crippen LogP contribution in [0.5, 0.6) is 0 Å². The number of H-pyrrole nitrogens is 1. The standard InChI is InChI=1S/C14H10F2N4/c15-9-5-8(6-10(16)7-9)12-13(19-20-14(12)17)11-3-1-2-4-18-11/h1-7H,(H3,17,19,20). The number of nitrogen functional groups attached to an aromatic ring is 1. The highest BCUT2D eigenvalue weighted by Crippen LogP contribution is 2.34. The number of hydrogen-bond acceptors (Lipinski definition) is 3. The normalized spacial score (nSPS) is 10.7. The van der Waals surface area contributed by atoms with Gasteiger partial charge in [0.1, 0.15) is 11.6 Å². The summed E-state index contributed by atoms with van der Waals surface area (Å²) in [5.74, 6) is -1.18. The van der Waals surface area contributed by atoms with E-state index in [4.69, 9.17) is 5.73 Å². The minimum atomic E-state index is -0.674. The molecule has 0 bridgehead atoms. The summed E-state index contributed by atoms with van der Waals surface area (Å²) in [5, 5.41) is 6.64. The third kappa shape index (κ3) is 2.11. The molecule has 0 amide bonds. The molecule has 6 heteroatoms. The van der Waals surface area contributed by atoms with Crippen molar-refractivity contribution in [1.29, 1.82) is 0 Å². The predicted molar refractivity (Wildman–Crippen MR) is 71.6 cm³/mol. The van der Waals surface area contributed by atoms with Gasteiger partial charge < -0.3 is 5.73 Å². The molecule has 0 unspecified atom stereocenters. The van der Waals surface area contributed by atoms with E-state index in [0.29, 0.717) is 22.5 Å². The summed E-state index contributed by atoms with van der Waals surface area (Å²) in [6, 6.07) is 8.54. The number of halogens is 2. The van der Waals surface area contributed by atoms with Gasteiger partial charge in [0.15, 0.2) is 5.82 Å². The van der Waals surface area contributed by atoms with Gasteiger partial charge in [0.05, 0.1) is 17.0 Å². The monoisotopic (exact) mass is 272 g/mol. The maximum atomic E-state index is 13.4. The summed E-state index contributed by atoms with van der Waals surface area (Å²) in [6.45, 7) is 0. The van der Waals surface area contributed by atoms with Crippen molar-refractivity contribution < 1.29 is 8.78 Å². The van der Waals surface area contributed by atoms with Gasteiger partial charge in [-0.3, -0.25) is 10.1 Å². The molecule has 0 spiro atoms. The van der Waals surface area contributed by atoms with Crippen molar-refractivity contribution >= 4 is 5.82 Å². The number of nitrogens with two attached hydrogens (primary N) is 1. The zero-order chi connectivity index (χ0) is 14.1. The summed E-state index contributed by atoms with van der Waals surface area (Å²) in [7, 11) is 0. The van der Waals surface area contributed by atoms with Gasteiger partial charge >= 0.3 is 0 Å². The minimum Gasteiger partial charge on any atom is -0.382 e. The first-order valence-corrected chi connectivity index (χ1v) is 5.87. The smallest absolute Gasteiger partial charge is 0.153 e. The van der Waals surface area contributed by atoms with Crippen molar-refractivity contribution in [2.45, 2.75) is 0 Å². The molecule has 3 rings (SSSR count). The highest BCUT2D eigenvalue weighted by Gasteiger charge is 2.16. The molecule has 0 radical (unpaired) electrons. The Kier molecular flexibility index (Phi) is 2.90. The first-order valence-electron chi connectivity index (χ1n) is 5.87. The molecule has 1 aromatic carbocycles. The number of hydrogen-bond donors (Lipinski definition) is 2. The van der Waals surface area contributed by atoms with Crippen LogP contribution in [-0.2, 0) is 0 Å². The van der Waals surface area contributed by atoms with Crippen LogP contribution in [0.4, 0.5) is 14.6 Å². The van der Waals surface area contributed by atoms with Crippen LogP contribution in [0.25, 0.3) is 22.5 Å². The highest BCUT2D eigenvalue weighted by molar-refractivity contribution is 5.86. The molecule has 3 aromatic rings. The van der Waals surface area contributed by atoms with E-state index < -0.39 is 11.6 Å². The number of aromatic amines is 1. The molecule has 0 saturated heterocycles. The Balaban J connectivity index is 2.22. The highest BCUT2D eigenvalue weighted by atomic mass is 19.1. The lowest BCUT2D eigenvalue weighted by Crippen LogP contribution is -1.91. The molecule has 0 fully saturated rings. The van der Waals surface area contributed by atoms with E-state index in [2.05, 4.69) is 15.2 Å². The Hall–Kier alpha value is -2.76. The van der Waals surface area contributed by atoms with Crippen molar-refractivity contribution in [3.05, 3.63) is 54.2 Å². The number of anilines is 1. The first-order chi connectivity index (χ1) is 9.65. The topological polar surface area (TPSA) is 67.6 Å². The Labute approximate surface area is 113 Å². The third-order valence-electron chi connectivity index (χ3n) is 2.87. The van der Waals surface area contributed by atoms with Crippen molar-refractivity contribution in [1.82, 2.24) is 15.2 Å². The number of nitrogens with zero attached hydrogens (tertiary/aromatic N) is 2. The average Bonchev–Trinajstić information content (AvgIpc) is 2.80. The van der Waals surface area contributed by atoms with E-state index in [9.17, 15) is 8.78 Å². The molecular weight excluding hydrogens is 262 g/mol. The molecule has 0 aliphatic heterocycles. The Morgan fingerprint density at radius 1 is 1.05 bits per heavy atom. The minimum absolute atomic E-state index is 0.163. The van der Waals surface area contributed by atoms with Crippen LogP contribution >= 0.6 is 0 Å². The number of pyridine rings is 1. The van der Waals surface area contributed by atoms with E-state index in [1.165, 1.54) is 12.1 Å². The van der Waals surface area contributed by atoms with Gasteiger partial charge in [-0.1, -0.05) is 6.07 Å². The zero-order valence-corrected chi connectivity index (χ0v) is 10.3. The van der Waals surface area contributed by atoms with Crippen molar-refractivity contribution in [3.63, 3.8) is 0 Å². The van der Waals surface area contributed by atoms with E-state index in [0.717, 1.165) is 6.07 Å². The van der Waals surface area contributed by atoms with Crippen molar-refractivity contribution in [3.8, 4) is 22.5 Å². The number of rotatable bonds is 2. The molecule has 2 aromatic heterocycles. The maximum Gasteiger partial charge on any atom is 0.153 e. The number of nitrogens with one attached hydrogen (secondary N) is 1. The fourth-order valence-corrected chi connectivity index (χ4v) is 2.04. The van der Waals surface area contributed by atoms with Crippen LogP contribution in [0.15, 0.2) is 42.6 Å². The summed E-state index contributed by atoms with van der Waals surface area (Å²) < 4.78 is 26.7. The van der Waals surface area contributed by atoms with Crippen molar-refractivity contribution in [2.24, 2.45) is 0 Å². The zero-order valence-electron chi connectivity index (χ0n) is 10.3. The maximum absolute atomic E-state index is 13.4. The van der Waals surface area contributed by atoms with Crippen LogP contribution < -0.4 is 5.73 Å². The summed E-state index contributed by atoms with van der Waals surface area (Å²) in [4.78, 5) is 4.18. The predicted octanol–water partition coefficient (Wildman–Crippen LogP) is 3.00. The second kappa shape index (κ2) is 4.73. The van der Waals surface area contributed by atoms with E-state index in [1.54, 1.807) is 24.4 Å². The quantitative estimate of drug-likeness (QED) is 0.753. The van der Waals surface area contributed by atoms with Crippen molar-refractivity contribution in [2.75, 3.05) is 5.73 Å². The lowest BCUT2D eigenvalue weighted by atomic mass is 10.0. The van der Waals surface area contributed by atoms with Gasteiger partial charge in [-0.15, -0.1) is 0 Å². The second-order valence-electron chi connectivity index (χ2n) is 4.23. The molecule has 100 valence electrons. The Morgan fingerprint density at radius 2 is 1.80 bits per heavy atom. The fraction of sp³-hybridized carbons (Fsp3) is 0. The largest absolute Gasteiger partial charge is 0.382 e. The first kappa shape index (κ1) is 12.3. The second-order valence-corrected chi connectivity index (χ2v) is 4.23. The van der Waals surface area contributed by atoms with E-state index in [-0.39, 0.29) is 5.82 Å². The SMILES string of the molecule is Nc1n[nH]c(-c2ccccn2)c1-c1cc(F)cc(F)c1. The van der Waals surface area contributed by atoms with E-state index in [1.807, 2.05) is 0 Å². The Bertz CT molecular complexity index is 733. The van der Waals surface area contributed by atoms with Crippen LogP contribution in [0.2, 0.25) is 0 Å². The van der Waals surface area contributed by atoms with Crippen LogP contribution in [-0.4, -0.2) is 15.2 Å². The third-order valence-corrected chi connectivity index (χ3v) is 2.87. The number of aromatic nitrogens is 3. The van der Waals surface area contributed by atoms with Gasteiger partial charge in [0.2, 0.25) is 0 Å². The molecule has 0 saturated carbocycles. The summed E-state index contributed by atoms with van der Waals surface area (Å²) in [6.07, 6.45) is 1.61. The van der Waals surface area contributed by atoms with Crippen LogP contribution in [0.3, 0.4) is 0 Å². The van der Waals surface area contributed by atoms with Gasteiger partial charge in [-0.05, 0) is 29.8 Å². The molecule has 2 heterocycles. The molecule has 4 nitrogen and oxygen atoms in total. The molecule has 0 aliphatic carbocycles. The van der Waals surface area contributed by atoms with Gasteiger partial charge in [0.25, 0.3) is 0 Å².